The molecule has 0 aliphatic rings. The van der Waals surface area contributed by atoms with Crippen LogP contribution < -0.4 is 5.69 Å². The van der Waals surface area contributed by atoms with Crippen LogP contribution in [0.15, 0.2) is 29.6 Å². The van der Waals surface area contributed by atoms with Gasteiger partial charge in [-0.2, -0.15) is 5.10 Å². The molecule has 0 spiro atoms. The average molecular weight is 178 g/mol. The summed E-state index contributed by atoms with van der Waals surface area (Å²) in [6.07, 6.45) is 6.78. The van der Waals surface area contributed by atoms with E-state index in [1.807, 2.05) is 13.1 Å². The van der Waals surface area contributed by atoms with Gasteiger partial charge in [0.05, 0.1) is 11.9 Å². The fourth-order valence-corrected chi connectivity index (χ4v) is 1.17. The van der Waals surface area contributed by atoms with E-state index in [9.17, 15) is 4.79 Å². The Morgan fingerprint density at radius 3 is 3.00 bits per heavy atom. The number of H-pyrrole nitrogens is 1. The Morgan fingerprint density at radius 1 is 1.62 bits per heavy atom. The minimum absolute atomic E-state index is 0.143. The van der Waals surface area contributed by atoms with Crippen LogP contribution in [0.4, 0.5) is 0 Å². The zero-order valence-corrected chi connectivity index (χ0v) is 7.27. The third kappa shape index (κ3) is 1.28. The largest absolute Gasteiger partial charge is 0.330 e. The maximum absolute atomic E-state index is 11.2. The Morgan fingerprint density at radius 2 is 2.46 bits per heavy atom. The van der Waals surface area contributed by atoms with Gasteiger partial charge in [0.15, 0.2) is 0 Å². The van der Waals surface area contributed by atoms with Crippen molar-refractivity contribution >= 4 is 0 Å². The number of aromatic nitrogens is 4. The van der Waals surface area contributed by atoms with Gasteiger partial charge in [0.1, 0.15) is 0 Å². The van der Waals surface area contributed by atoms with Crippen LogP contribution in [0.2, 0.25) is 0 Å². The van der Waals surface area contributed by atoms with Crippen LogP contribution in [-0.4, -0.2) is 19.3 Å². The predicted molar refractivity (Wildman–Crippen MR) is 47.8 cm³/mol. The zero-order chi connectivity index (χ0) is 9.26. The lowest BCUT2D eigenvalue weighted by Crippen LogP contribution is -2.13. The van der Waals surface area contributed by atoms with E-state index in [0.29, 0.717) is 0 Å². The Bertz CT molecular complexity index is 450. The van der Waals surface area contributed by atoms with E-state index < -0.39 is 0 Å². The standard InChI is InChI=1S/C8H10N4O/c1-2-11-6-7(5-10-11)12-4-3-9-8(12)13/h3-6H,2H2,1H3,(H,9,13). The normalized spacial score (nSPS) is 10.5. The maximum Gasteiger partial charge on any atom is 0.330 e. The molecule has 0 aromatic carbocycles. The molecule has 0 amide bonds. The number of nitrogens with one attached hydrogen (secondary N) is 1. The molecule has 5 nitrogen and oxygen atoms in total. The van der Waals surface area contributed by atoms with Crippen molar-refractivity contribution in [1.82, 2.24) is 19.3 Å². The lowest BCUT2D eigenvalue weighted by molar-refractivity contribution is 0.659. The molecule has 0 aliphatic carbocycles. The van der Waals surface area contributed by atoms with E-state index in [1.165, 1.54) is 4.57 Å². The van der Waals surface area contributed by atoms with Crippen molar-refractivity contribution in [3.05, 3.63) is 35.3 Å². The second-order valence-corrected chi connectivity index (χ2v) is 2.69. The first kappa shape index (κ1) is 7.85. The first-order valence-corrected chi connectivity index (χ1v) is 4.10. The number of aryl methyl sites for hydroxylation is 1. The highest BCUT2D eigenvalue weighted by Crippen LogP contribution is 2.01. The van der Waals surface area contributed by atoms with Gasteiger partial charge in [0.2, 0.25) is 0 Å². The molecule has 0 saturated carbocycles. The lowest BCUT2D eigenvalue weighted by atomic mass is 10.5. The zero-order valence-electron chi connectivity index (χ0n) is 7.27. The first-order chi connectivity index (χ1) is 6.31. The fraction of sp³-hybridized carbons (Fsp3) is 0.250. The molecule has 0 radical (unpaired) electrons. The second-order valence-electron chi connectivity index (χ2n) is 2.69. The summed E-state index contributed by atoms with van der Waals surface area (Å²) in [6.45, 7) is 2.80. The summed E-state index contributed by atoms with van der Waals surface area (Å²) in [5.41, 5.74) is 0.642. The van der Waals surface area contributed by atoms with Crippen LogP contribution in [-0.2, 0) is 6.54 Å². The molecule has 2 aromatic heterocycles. The van der Waals surface area contributed by atoms with E-state index >= 15 is 0 Å². The smallest absolute Gasteiger partial charge is 0.312 e. The van der Waals surface area contributed by atoms with Crippen molar-refractivity contribution in [2.24, 2.45) is 0 Å². The van der Waals surface area contributed by atoms with Crippen molar-refractivity contribution in [2.75, 3.05) is 0 Å². The van der Waals surface area contributed by atoms with E-state index in [2.05, 4.69) is 10.1 Å². The number of hydrogen-bond acceptors (Lipinski definition) is 2. The summed E-state index contributed by atoms with van der Waals surface area (Å²) in [5, 5.41) is 4.07. The number of nitrogens with zero attached hydrogens (tertiary/aromatic N) is 3. The van der Waals surface area contributed by atoms with Crippen LogP contribution in [0.1, 0.15) is 6.92 Å². The van der Waals surface area contributed by atoms with Gasteiger partial charge in [-0.15, -0.1) is 0 Å². The van der Waals surface area contributed by atoms with Gasteiger partial charge in [0.25, 0.3) is 0 Å². The molecule has 5 heteroatoms. The van der Waals surface area contributed by atoms with Gasteiger partial charge in [-0.3, -0.25) is 9.25 Å². The molecule has 0 atom stereocenters. The molecule has 0 bridgehead atoms. The first-order valence-electron chi connectivity index (χ1n) is 4.10. The summed E-state index contributed by atoms with van der Waals surface area (Å²) in [5.74, 6) is 0. The SMILES string of the molecule is CCn1cc(-n2cc[nH]c2=O)cn1. The summed E-state index contributed by atoms with van der Waals surface area (Å²) < 4.78 is 3.29. The average Bonchev–Trinajstić information content (AvgIpc) is 2.71. The number of hydrogen-bond donors (Lipinski definition) is 1. The maximum atomic E-state index is 11.2. The minimum Gasteiger partial charge on any atom is -0.312 e. The number of imidazole rings is 1. The fourth-order valence-electron chi connectivity index (χ4n) is 1.17. The van der Waals surface area contributed by atoms with Gasteiger partial charge in [-0.25, -0.2) is 4.79 Å². The van der Waals surface area contributed by atoms with Crippen LogP contribution in [0.5, 0.6) is 0 Å². The highest BCUT2D eigenvalue weighted by molar-refractivity contribution is 5.24. The van der Waals surface area contributed by atoms with Gasteiger partial charge < -0.3 is 4.98 Å². The number of aromatic amines is 1. The molecule has 13 heavy (non-hydrogen) atoms. The van der Waals surface area contributed by atoms with Crippen LogP contribution in [0.25, 0.3) is 5.69 Å². The number of rotatable bonds is 2. The van der Waals surface area contributed by atoms with E-state index in [-0.39, 0.29) is 5.69 Å². The van der Waals surface area contributed by atoms with E-state index in [1.54, 1.807) is 23.3 Å². The Balaban J connectivity index is 2.47. The van der Waals surface area contributed by atoms with Gasteiger partial charge in [-0.05, 0) is 6.92 Å². The summed E-state index contributed by atoms with van der Waals surface area (Å²) in [4.78, 5) is 13.8. The molecule has 68 valence electrons. The quantitative estimate of drug-likeness (QED) is 0.722. The monoisotopic (exact) mass is 178 g/mol. The molecule has 2 heterocycles. The van der Waals surface area contributed by atoms with Crippen molar-refractivity contribution in [1.29, 1.82) is 0 Å². The van der Waals surface area contributed by atoms with Gasteiger partial charge in [0, 0.05) is 25.1 Å². The summed E-state index contributed by atoms with van der Waals surface area (Å²) in [7, 11) is 0. The topological polar surface area (TPSA) is 55.6 Å². The third-order valence-electron chi connectivity index (χ3n) is 1.87. The highest BCUT2D eigenvalue weighted by Gasteiger charge is 2.01. The van der Waals surface area contributed by atoms with Crippen molar-refractivity contribution in [2.45, 2.75) is 13.5 Å². The highest BCUT2D eigenvalue weighted by atomic mass is 16.1. The van der Waals surface area contributed by atoms with Crippen molar-refractivity contribution in [3.8, 4) is 5.69 Å². The molecular weight excluding hydrogens is 168 g/mol. The molecule has 2 aromatic rings. The third-order valence-corrected chi connectivity index (χ3v) is 1.87. The lowest BCUT2D eigenvalue weighted by Gasteiger charge is -1.93. The predicted octanol–water partition coefficient (Wildman–Crippen LogP) is 0.382. The van der Waals surface area contributed by atoms with E-state index in [0.717, 1.165) is 12.2 Å². The Labute approximate surface area is 74.6 Å². The van der Waals surface area contributed by atoms with Gasteiger partial charge >= 0.3 is 5.69 Å². The second kappa shape index (κ2) is 2.93. The van der Waals surface area contributed by atoms with Crippen LogP contribution in [0, 0.1) is 0 Å². The summed E-state index contributed by atoms with van der Waals surface area (Å²) >= 11 is 0. The Kier molecular flexibility index (Phi) is 1.77. The summed E-state index contributed by atoms with van der Waals surface area (Å²) in [6, 6.07) is 0. The molecule has 0 saturated heterocycles. The van der Waals surface area contributed by atoms with E-state index in [4.69, 9.17) is 0 Å². The molecule has 0 fully saturated rings. The minimum atomic E-state index is -0.143. The van der Waals surface area contributed by atoms with Crippen LogP contribution in [0.3, 0.4) is 0 Å². The Hall–Kier alpha value is -1.78. The molecule has 0 aliphatic heterocycles. The van der Waals surface area contributed by atoms with Crippen molar-refractivity contribution in [3.63, 3.8) is 0 Å². The van der Waals surface area contributed by atoms with Crippen molar-refractivity contribution < 1.29 is 0 Å². The molecule has 1 N–H and O–H groups in total. The molecule has 2 rings (SSSR count). The van der Waals surface area contributed by atoms with Crippen LogP contribution >= 0.6 is 0 Å². The molecular formula is C8H10N4O. The molecule has 0 unspecified atom stereocenters. The van der Waals surface area contributed by atoms with Gasteiger partial charge in [-0.1, -0.05) is 0 Å².